The zero-order valence-corrected chi connectivity index (χ0v) is 24.1. The van der Waals surface area contributed by atoms with E-state index in [-0.39, 0.29) is 58.1 Å². The average molecular weight is 606 g/mol. The first-order valence-corrected chi connectivity index (χ1v) is 15.4. The number of benzene rings is 2. The molecule has 2 aliphatic carbocycles. The normalized spacial score (nSPS) is 28.8. The van der Waals surface area contributed by atoms with Gasteiger partial charge in [-0.05, 0) is 66.5 Å². The molecule has 0 spiro atoms. The molecule has 4 aliphatic rings. The first-order valence-electron chi connectivity index (χ1n) is 13.8. The zero-order valence-electron chi connectivity index (χ0n) is 22.4. The maximum atomic E-state index is 13.3. The number of likely N-dealkylation sites (tertiary alicyclic amines) is 1. The van der Waals surface area contributed by atoms with E-state index in [1.165, 1.54) is 11.3 Å². The molecule has 3 fully saturated rings. The van der Waals surface area contributed by atoms with Gasteiger partial charge in [0.2, 0.25) is 11.8 Å². The largest absolute Gasteiger partial charge is 0.484 e. The molecular formula is C30H27N3O7S2. The summed E-state index contributed by atoms with van der Waals surface area (Å²) >= 11 is 2.75. The number of thioether (sulfide) groups is 1. The summed E-state index contributed by atoms with van der Waals surface area (Å²) in [4.78, 5) is 67.4. The molecule has 2 saturated carbocycles. The van der Waals surface area contributed by atoms with Crippen molar-refractivity contribution in [2.45, 2.75) is 29.5 Å². The van der Waals surface area contributed by atoms with Crippen LogP contribution in [0.1, 0.15) is 28.3 Å². The van der Waals surface area contributed by atoms with Gasteiger partial charge >= 0.3 is 10.8 Å². The minimum Gasteiger partial charge on any atom is -0.484 e. The fraction of sp³-hybridized carbons (Fsp3) is 0.367. The lowest BCUT2D eigenvalue weighted by Crippen LogP contribution is -2.42. The van der Waals surface area contributed by atoms with Crippen LogP contribution < -0.4 is 14.9 Å². The number of carboxylic acid groups (broad SMARTS) is 1. The van der Waals surface area contributed by atoms with E-state index in [0.717, 1.165) is 32.4 Å². The Labute approximate surface area is 248 Å². The molecule has 3 heterocycles. The Bertz CT molecular complexity index is 1680. The smallest absolute Gasteiger partial charge is 0.323 e. The molecular weight excluding hydrogens is 578 g/mol. The molecule has 2 aromatic carbocycles. The number of carbonyl (C=O) groups is 4. The number of amides is 3. The highest BCUT2D eigenvalue weighted by molar-refractivity contribution is 8.00. The van der Waals surface area contributed by atoms with Gasteiger partial charge in [0.25, 0.3) is 5.91 Å². The zero-order chi connectivity index (χ0) is 29.3. The summed E-state index contributed by atoms with van der Waals surface area (Å²) in [6.45, 7) is 1.18. The Morgan fingerprint density at radius 1 is 1.07 bits per heavy atom. The van der Waals surface area contributed by atoms with Crippen molar-refractivity contribution in [2.75, 3.05) is 18.5 Å². The Morgan fingerprint density at radius 2 is 1.81 bits per heavy atom. The van der Waals surface area contributed by atoms with Crippen LogP contribution in [-0.4, -0.2) is 57.1 Å². The number of carboxylic acids is 1. The van der Waals surface area contributed by atoms with Gasteiger partial charge in [0.1, 0.15) is 12.3 Å². The van der Waals surface area contributed by atoms with Crippen molar-refractivity contribution in [1.29, 1.82) is 0 Å². The van der Waals surface area contributed by atoms with Crippen LogP contribution in [0.2, 0.25) is 0 Å². The third-order valence-corrected chi connectivity index (χ3v) is 11.6. The van der Waals surface area contributed by atoms with Crippen LogP contribution in [0.25, 0.3) is 0 Å². The number of aromatic amines is 1. The number of H-pyrrole nitrogens is 1. The van der Waals surface area contributed by atoms with E-state index in [1.54, 1.807) is 23.9 Å². The fourth-order valence-corrected chi connectivity index (χ4v) is 10.5. The highest BCUT2D eigenvalue weighted by Gasteiger charge is 2.69. The molecule has 0 radical (unpaired) electrons. The van der Waals surface area contributed by atoms with Gasteiger partial charge in [-0.1, -0.05) is 35.6 Å². The average Bonchev–Trinajstić information content (AvgIpc) is 3.68. The van der Waals surface area contributed by atoms with Crippen LogP contribution in [0.3, 0.4) is 0 Å². The van der Waals surface area contributed by atoms with Gasteiger partial charge in [0.05, 0.1) is 16.9 Å². The predicted molar refractivity (Wildman–Crippen MR) is 155 cm³/mol. The lowest BCUT2D eigenvalue weighted by atomic mass is 9.68. The highest BCUT2D eigenvalue weighted by Crippen LogP contribution is 2.68. The standard InChI is InChI=1S/C30H27N3O7S2/c1-13-3-2-4-15(9-13)31-19(34)12-40-16-7-5-14(6-8-16)21-22-17-10-18(25(22)41-27-26(21)42-30(39)32-27)24-23(17)28(37)33(29(24)38)11-20(35)36/h2-9,17-18,21-25H,10-12H2,1H3,(H,31,34)(H,32,39)(H,35,36)/t17?,18?,21-,22?,23?,24?,25?/m1/s1. The van der Waals surface area contributed by atoms with Crippen LogP contribution >= 0.6 is 23.1 Å². The molecule has 2 aliphatic heterocycles. The first-order chi connectivity index (χ1) is 20.2. The van der Waals surface area contributed by atoms with E-state index in [9.17, 15) is 29.1 Å². The minimum atomic E-state index is -1.21. The molecule has 3 aromatic rings. The summed E-state index contributed by atoms with van der Waals surface area (Å²) in [6, 6.07) is 15.0. The maximum absolute atomic E-state index is 13.3. The Hall–Kier alpha value is -3.90. The third kappa shape index (κ3) is 4.35. The number of rotatable bonds is 7. The number of hydrogen-bond donors (Lipinski definition) is 3. The number of imide groups is 1. The quantitative estimate of drug-likeness (QED) is 0.348. The number of nitrogens with one attached hydrogen (secondary N) is 2. The van der Waals surface area contributed by atoms with Gasteiger partial charge in [-0.15, -0.1) is 11.8 Å². The number of thiazole rings is 1. The second-order valence-electron chi connectivity index (χ2n) is 11.4. The van der Waals surface area contributed by atoms with Crippen molar-refractivity contribution in [3.8, 4) is 5.75 Å². The van der Waals surface area contributed by atoms with Crippen molar-refractivity contribution in [3.63, 3.8) is 0 Å². The van der Waals surface area contributed by atoms with Crippen molar-refractivity contribution in [3.05, 3.63) is 74.2 Å². The third-order valence-electron chi connectivity index (χ3n) is 9.02. The van der Waals surface area contributed by atoms with Crippen LogP contribution in [-0.2, 0) is 19.2 Å². The number of fused-ring (bicyclic) bond motifs is 9. The van der Waals surface area contributed by atoms with E-state index < -0.39 is 24.3 Å². The SMILES string of the molecule is Cc1cccc(NC(=O)COc2ccc([C@H]3c4sc(=O)[nH]c4SC4C5CC(C6C(=O)N(CC(=O)O)C(=O)C56)C43)cc2)c1. The minimum absolute atomic E-state index is 0.00797. The summed E-state index contributed by atoms with van der Waals surface area (Å²) < 4.78 is 5.74. The molecule has 10 nitrogen and oxygen atoms in total. The van der Waals surface area contributed by atoms with Gasteiger partial charge in [-0.2, -0.15) is 0 Å². The Balaban J connectivity index is 1.13. The fourth-order valence-electron chi connectivity index (χ4n) is 7.58. The van der Waals surface area contributed by atoms with Gasteiger partial charge in [0, 0.05) is 21.7 Å². The molecule has 7 rings (SSSR count). The molecule has 216 valence electrons. The monoisotopic (exact) mass is 605 g/mol. The summed E-state index contributed by atoms with van der Waals surface area (Å²) in [5, 5.41) is 12.9. The number of aryl methyl sites for hydroxylation is 1. The first kappa shape index (κ1) is 27.0. The number of anilines is 1. The van der Waals surface area contributed by atoms with Gasteiger partial charge in [-0.25, -0.2) is 0 Å². The van der Waals surface area contributed by atoms with E-state index in [1.807, 2.05) is 43.3 Å². The molecule has 3 amide bonds. The molecule has 7 atom stereocenters. The van der Waals surface area contributed by atoms with Gasteiger partial charge < -0.3 is 20.1 Å². The Kier molecular flexibility index (Phi) is 6.50. The summed E-state index contributed by atoms with van der Waals surface area (Å²) in [6.07, 6.45) is 0.725. The summed E-state index contributed by atoms with van der Waals surface area (Å²) in [5.74, 6) is -3.08. The Morgan fingerprint density at radius 3 is 2.52 bits per heavy atom. The van der Waals surface area contributed by atoms with Crippen LogP contribution in [0.15, 0.2) is 58.4 Å². The second-order valence-corrected chi connectivity index (χ2v) is 13.6. The molecule has 6 unspecified atom stereocenters. The van der Waals surface area contributed by atoms with Gasteiger partial charge in [-0.3, -0.25) is 28.9 Å². The number of carbonyl (C=O) groups excluding carboxylic acids is 3. The second kappa shape index (κ2) is 10.1. The number of hydrogen-bond acceptors (Lipinski definition) is 8. The van der Waals surface area contributed by atoms with Crippen molar-refractivity contribution >= 4 is 52.5 Å². The molecule has 2 bridgehead atoms. The number of ether oxygens (including phenoxy) is 1. The molecule has 12 heteroatoms. The molecule has 1 aromatic heterocycles. The number of aromatic nitrogens is 1. The molecule has 1 saturated heterocycles. The number of nitrogens with zero attached hydrogens (tertiary/aromatic N) is 1. The van der Waals surface area contributed by atoms with Crippen LogP contribution in [0.5, 0.6) is 5.75 Å². The van der Waals surface area contributed by atoms with Crippen molar-refractivity contribution < 1.29 is 29.0 Å². The summed E-state index contributed by atoms with van der Waals surface area (Å²) in [5.41, 5.74) is 2.70. The number of aliphatic carboxylic acids is 1. The van der Waals surface area contributed by atoms with E-state index in [2.05, 4.69) is 10.3 Å². The highest BCUT2D eigenvalue weighted by atomic mass is 32.2. The van der Waals surface area contributed by atoms with Crippen molar-refractivity contribution in [1.82, 2.24) is 9.88 Å². The molecule has 3 N–H and O–H groups in total. The van der Waals surface area contributed by atoms with Gasteiger partial charge in [0.15, 0.2) is 6.61 Å². The maximum Gasteiger partial charge on any atom is 0.323 e. The van der Waals surface area contributed by atoms with E-state index in [4.69, 9.17) is 4.74 Å². The van der Waals surface area contributed by atoms with Crippen LogP contribution in [0.4, 0.5) is 5.69 Å². The molecule has 42 heavy (non-hydrogen) atoms. The van der Waals surface area contributed by atoms with Crippen LogP contribution in [0, 0.1) is 36.5 Å². The van der Waals surface area contributed by atoms with E-state index in [0.29, 0.717) is 11.4 Å². The topological polar surface area (TPSA) is 146 Å². The summed E-state index contributed by atoms with van der Waals surface area (Å²) in [7, 11) is 0. The van der Waals surface area contributed by atoms with E-state index >= 15 is 0 Å². The lowest BCUT2D eigenvalue weighted by molar-refractivity contribution is -0.149. The van der Waals surface area contributed by atoms with Crippen molar-refractivity contribution in [2.24, 2.45) is 29.6 Å². The lowest BCUT2D eigenvalue weighted by Gasteiger charge is -2.43. The predicted octanol–water partition coefficient (Wildman–Crippen LogP) is 3.32.